The Morgan fingerprint density at radius 1 is 1.31 bits per heavy atom. The first-order chi connectivity index (χ1) is 16.5. The fraction of sp³-hybridized carbons (Fsp3) is 0.190. The van der Waals surface area contributed by atoms with Crippen LogP contribution in [0.5, 0.6) is 0 Å². The molecule has 0 bridgehead atoms. The highest BCUT2D eigenvalue weighted by molar-refractivity contribution is 7.18. The van der Waals surface area contributed by atoms with Crippen LogP contribution in [0.1, 0.15) is 48.7 Å². The predicted molar refractivity (Wildman–Crippen MR) is 128 cm³/mol. The summed E-state index contributed by atoms with van der Waals surface area (Å²) in [5.41, 5.74) is 4.83. The molecule has 0 fully saturated rings. The maximum Gasteiger partial charge on any atom is 0.364 e. The normalized spacial score (nSPS) is 11.6. The molecule has 0 atom stereocenters. The summed E-state index contributed by atoms with van der Waals surface area (Å²) in [4.78, 5) is 42.2. The molecule has 14 heteroatoms. The Kier molecular flexibility index (Phi) is 6.58. The van der Waals surface area contributed by atoms with Crippen molar-refractivity contribution in [3.05, 3.63) is 57.0 Å². The maximum atomic E-state index is 14.2. The number of hydrogen-bond donors (Lipinski definition) is 2. The molecule has 182 valence electrons. The number of primary amides is 1. The van der Waals surface area contributed by atoms with Gasteiger partial charge in [0.05, 0.1) is 27.6 Å². The summed E-state index contributed by atoms with van der Waals surface area (Å²) in [6, 6.07) is 5.75. The Bertz CT molecular complexity index is 1460. The van der Waals surface area contributed by atoms with Crippen molar-refractivity contribution in [1.82, 2.24) is 14.6 Å². The number of nitrogens with zero attached hydrogens (tertiary/aromatic N) is 3. The van der Waals surface area contributed by atoms with Gasteiger partial charge in [0.1, 0.15) is 10.7 Å². The largest absolute Gasteiger partial charge is 0.462 e. The summed E-state index contributed by atoms with van der Waals surface area (Å²) in [7, 11) is 0. The van der Waals surface area contributed by atoms with E-state index >= 15 is 0 Å². The van der Waals surface area contributed by atoms with Crippen LogP contribution in [0.25, 0.3) is 16.2 Å². The Morgan fingerprint density at radius 2 is 2.06 bits per heavy atom. The van der Waals surface area contributed by atoms with Gasteiger partial charge in [-0.3, -0.25) is 9.59 Å². The minimum atomic E-state index is -3.80. The van der Waals surface area contributed by atoms with Gasteiger partial charge in [-0.2, -0.15) is 13.9 Å². The molecular weight excluding hydrogens is 524 g/mol. The molecule has 0 aliphatic carbocycles. The SMILES string of the molecule is CCOC(=O)c1c(NC(=O)c2cc3nc(-c4cccs4)cc(C(F)(F)Cl)n3n2)sc(C(N)=O)c1C. The van der Waals surface area contributed by atoms with E-state index in [-0.39, 0.29) is 44.6 Å². The summed E-state index contributed by atoms with van der Waals surface area (Å²) in [6.45, 7) is 3.16. The van der Waals surface area contributed by atoms with Gasteiger partial charge in [0.2, 0.25) is 0 Å². The number of hydrogen-bond acceptors (Lipinski definition) is 8. The average molecular weight is 540 g/mol. The van der Waals surface area contributed by atoms with E-state index in [1.54, 1.807) is 24.4 Å². The van der Waals surface area contributed by atoms with Crippen molar-refractivity contribution in [3.8, 4) is 10.6 Å². The lowest BCUT2D eigenvalue weighted by Crippen LogP contribution is -2.16. The molecule has 9 nitrogen and oxygen atoms in total. The molecule has 4 heterocycles. The van der Waals surface area contributed by atoms with Crippen molar-refractivity contribution in [2.45, 2.75) is 19.2 Å². The van der Waals surface area contributed by atoms with E-state index in [4.69, 9.17) is 22.1 Å². The number of carbonyl (C=O) groups is 3. The Labute approximate surface area is 209 Å². The average Bonchev–Trinajstić information content (AvgIpc) is 3.51. The lowest BCUT2D eigenvalue weighted by Gasteiger charge is -2.11. The van der Waals surface area contributed by atoms with E-state index in [1.165, 1.54) is 24.3 Å². The number of halogens is 3. The first-order valence-corrected chi connectivity index (χ1v) is 12.0. The standard InChI is InChI=1S/C21H16ClF2N5O4S2/c1-3-33-20(32)15-9(2)16(17(25)30)35-19(15)27-18(31)11-8-14-26-10(12-5-4-6-34-12)7-13(21(22,23)24)29(14)28-11/h4-8H,3H2,1-2H3,(H2,25,30)(H,27,31). The zero-order valence-electron chi connectivity index (χ0n) is 18.1. The molecule has 0 saturated carbocycles. The van der Waals surface area contributed by atoms with Gasteiger partial charge < -0.3 is 15.8 Å². The van der Waals surface area contributed by atoms with Crippen molar-refractivity contribution in [1.29, 1.82) is 0 Å². The van der Waals surface area contributed by atoms with E-state index in [1.807, 2.05) is 0 Å². The van der Waals surface area contributed by atoms with E-state index in [9.17, 15) is 23.2 Å². The minimum Gasteiger partial charge on any atom is -0.462 e. The number of rotatable bonds is 7. The zero-order chi connectivity index (χ0) is 25.5. The zero-order valence-corrected chi connectivity index (χ0v) is 20.5. The summed E-state index contributed by atoms with van der Waals surface area (Å²) in [5, 5.41) is 4.41. The number of aromatic nitrogens is 3. The molecule has 2 amide bonds. The first kappa shape index (κ1) is 24.7. The number of amides is 2. The second kappa shape index (κ2) is 9.32. The van der Waals surface area contributed by atoms with Crippen molar-refractivity contribution in [2.75, 3.05) is 11.9 Å². The van der Waals surface area contributed by atoms with Gasteiger partial charge in [0, 0.05) is 6.07 Å². The summed E-state index contributed by atoms with van der Waals surface area (Å²) in [5.74, 6) is -2.38. The van der Waals surface area contributed by atoms with Gasteiger partial charge in [-0.05, 0) is 48.5 Å². The number of nitrogens with two attached hydrogens (primary N) is 1. The van der Waals surface area contributed by atoms with Crippen LogP contribution < -0.4 is 11.1 Å². The molecule has 0 saturated heterocycles. The summed E-state index contributed by atoms with van der Waals surface area (Å²) >= 11 is 7.39. The molecule has 0 spiro atoms. The van der Waals surface area contributed by atoms with Crippen LogP contribution in [0.3, 0.4) is 0 Å². The summed E-state index contributed by atoms with van der Waals surface area (Å²) < 4.78 is 34.2. The number of anilines is 1. The third-order valence-corrected chi connectivity index (χ3v) is 7.11. The second-order valence-corrected chi connectivity index (χ2v) is 9.54. The summed E-state index contributed by atoms with van der Waals surface area (Å²) in [6.07, 6.45) is 0. The van der Waals surface area contributed by atoms with Gasteiger partial charge >= 0.3 is 11.4 Å². The monoisotopic (exact) mass is 539 g/mol. The predicted octanol–water partition coefficient (Wildman–Crippen LogP) is 4.64. The smallest absolute Gasteiger partial charge is 0.364 e. The minimum absolute atomic E-state index is 0.00642. The van der Waals surface area contributed by atoms with Gasteiger partial charge in [0.15, 0.2) is 11.3 Å². The highest BCUT2D eigenvalue weighted by Gasteiger charge is 2.34. The van der Waals surface area contributed by atoms with Crippen LogP contribution >= 0.6 is 34.3 Å². The number of ether oxygens (including phenoxy) is 1. The maximum absolute atomic E-state index is 14.2. The van der Waals surface area contributed by atoms with E-state index < -0.39 is 28.9 Å². The van der Waals surface area contributed by atoms with Crippen LogP contribution in [-0.2, 0) is 10.1 Å². The highest BCUT2D eigenvalue weighted by atomic mass is 35.5. The van der Waals surface area contributed by atoms with E-state index in [0.717, 1.165) is 21.9 Å². The van der Waals surface area contributed by atoms with Crippen molar-refractivity contribution in [3.63, 3.8) is 0 Å². The number of carbonyl (C=O) groups excluding carboxylic acids is 3. The molecular formula is C21H16ClF2N5O4S2. The molecule has 4 aromatic rings. The van der Waals surface area contributed by atoms with Gasteiger partial charge in [-0.15, -0.1) is 22.7 Å². The highest BCUT2D eigenvalue weighted by Crippen LogP contribution is 2.36. The molecule has 0 unspecified atom stereocenters. The molecule has 0 aliphatic heterocycles. The first-order valence-electron chi connectivity index (χ1n) is 9.94. The van der Waals surface area contributed by atoms with Gasteiger partial charge in [0.25, 0.3) is 11.8 Å². The number of alkyl halides is 3. The second-order valence-electron chi connectivity index (χ2n) is 7.10. The number of esters is 1. The van der Waals surface area contributed by atoms with E-state index in [0.29, 0.717) is 4.88 Å². The molecule has 3 N–H and O–H groups in total. The lowest BCUT2D eigenvalue weighted by molar-refractivity contribution is 0.0527. The third kappa shape index (κ3) is 4.74. The molecule has 35 heavy (non-hydrogen) atoms. The molecule has 4 rings (SSSR count). The Balaban J connectivity index is 1.77. The van der Waals surface area contributed by atoms with Crippen molar-refractivity contribution < 1.29 is 27.9 Å². The van der Waals surface area contributed by atoms with E-state index in [2.05, 4.69) is 15.4 Å². The number of nitrogens with one attached hydrogen (secondary N) is 1. The van der Waals surface area contributed by atoms with Crippen LogP contribution in [0.4, 0.5) is 13.8 Å². The molecule has 0 aromatic carbocycles. The van der Waals surface area contributed by atoms with Crippen molar-refractivity contribution >= 4 is 62.7 Å². The van der Waals surface area contributed by atoms with Crippen LogP contribution in [0.2, 0.25) is 0 Å². The fourth-order valence-corrected chi connectivity index (χ4v) is 5.15. The molecule has 4 aromatic heterocycles. The molecule has 0 radical (unpaired) electrons. The third-order valence-electron chi connectivity index (χ3n) is 4.80. The number of thiophene rings is 2. The Hall–Kier alpha value is -3.42. The van der Waals surface area contributed by atoms with Crippen molar-refractivity contribution in [2.24, 2.45) is 5.73 Å². The van der Waals surface area contributed by atoms with Gasteiger partial charge in [-0.25, -0.2) is 14.3 Å². The lowest BCUT2D eigenvalue weighted by atomic mass is 10.1. The fourth-order valence-electron chi connectivity index (χ4n) is 3.29. The Morgan fingerprint density at radius 3 is 2.66 bits per heavy atom. The van der Waals surface area contributed by atoms with Crippen LogP contribution in [0, 0.1) is 6.92 Å². The number of fused-ring (bicyclic) bond motifs is 1. The topological polar surface area (TPSA) is 129 Å². The van der Waals surface area contributed by atoms with Crippen LogP contribution in [0.15, 0.2) is 29.6 Å². The molecule has 0 aliphatic rings. The quantitative estimate of drug-likeness (QED) is 0.260. The van der Waals surface area contributed by atoms with Crippen LogP contribution in [-0.4, -0.2) is 39.0 Å². The van der Waals surface area contributed by atoms with Gasteiger partial charge in [-0.1, -0.05) is 6.07 Å².